The van der Waals surface area contributed by atoms with Crippen molar-refractivity contribution in [3.8, 4) is 0 Å². The summed E-state index contributed by atoms with van der Waals surface area (Å²) < 4.78 is 15.3. The molecule has 0 bridgehead atoms. The third kappa shape index (κ3) is 3.77. The lowest BCUT2D eigenvalue weighted by Crippen LogP contribution is -2.23. The van der Waals surface area contributed by atoms with Crippen LogP contribution in [0.15, 0.2) is 29.6 Å². The maximum Gasteiger partial charge on any atom is 0.128 e. The number of rotatable bonds is 5. The van der Waals surface area contributed by atoms with E-state index in [1.807, 2.05) is 19.1 Å². The molecular formula is C15H17FINS. The highest BCUT2D eigenvalue weighted by Crippen LogP contribution is 2.29. The predicted molar refractivity (Wildman–Crippen MR) is 88.3 cm³/mol. The van der Waals surface area contributed by atoms with E-state index >= 15 is 0 Å². The van der Waals surface area contributed by atoms with E-state index in [-0.39, 0.29) is 11.9 Å². The maximum absolute atomic E-state index is 14.1. The average molecular weight is 389 g/mol. The van der Waals surface area contributed by atoms with Crippen molar-refractivity contribution < 1.29 is 4.39 Å². The zero-order valence-electron chi connectivity index (χ0n) is 11.0. The molecule has 1 unspecified atom stereocenters. The van der Waals surface area contributed by atoms with Gasteiger partial charge in [0.1, 0.15) is 5.82 Å². The molecule has 4 heteroatoms. The first-order valence-electron chi connectivity index (χ1n) is 6.35. The van der Waals surface area contributed by atoms with Crippen molar-refractivity contribution in [3.63, 3.8) is 0 Å². The molecule has 1 nitrogen and oxygen atoms in total. The zero-order chi connectivity index (χ0) is 13.8. The molecular weight excluding hydrogens is 372 g/mol. The molecule has 0 aliphatic carbocycles. The molecule has 2 rings (SSSR count). The first kappa shape index (κ1) is 14.9. The zero-order valence-corrected chi connectivity index (χ0v) is 14.0. The Morgan fingerprint density at radius 2 is 2.16 bits per heavy atom. The number of hydrogen-bond donors (Lipinski definition) is 1. The quantitative estimate of drug-likeness (QED) is 0.719. The highest BCUT2D eigenvalue weighted by Gasteiger charge is 2.18. The summed E-state index contributed by atoms with van der Waals surface area (Å²) in [5.74, 6) is -0.139. The molecule has 1 aromatic carbocycles. The summed E-state index contributed by atoms with van der Waals surface area (Å²) in [7, 11) is 0. The second kappa shape index (κ2) is 6.81. The van der Waals surface area contributed by atoms with Crippen LogP contribution in [0.2, 0.25) is 0 Å². The minimum Gasteiger partial charge on any atom is -0.306 e. The number of benzene rings is 1. The van der Waals surface area contributed by atoms with Gasteiger partial charge in [-0.25, -0.2) is 4.39 Å². The van der Waals surface area contributed by atoms with Crippen molar-refractivity contribution >= 4 is 33.9 Å². The highest BCUT2D eigenvalue weighted by molar-refractivity contribution is 14.1. The Morgan fingerprint density at radius 3 is 2.79 bits per heavy atom. The van der Waals surface area contributed by atoms with Crippen LogP contribution in [0.1, 0.15) is 36.1 Å². The van der Waals surface area contributed by atoms with Crippen LogP contribution in [0, 0.1) is 15.6 Å². The molecule has 1 aromatic heterocycles. The summed E-state index contributed by atoms with van der Waals surface area (Å²) in [5, 5.41) is 5.55. The van der Waals surface area contributed by atoms with Gasteiger partial charge in [0.2, 0.25) is 0 Å². The molecule has 1 atom stereocenters. The molecule has 0 amide bonds. The summed E-state index contributed by atoms with van der Waals surface area (Å²) in [4.78, 5) is 0. The first-order valence-corrected chi connectivity index (χ1v) is 8.31. The van der Waals surface area contributed by atoms with E-state index in [4.69, 9.17) is 0 Å². The Morgan fingerprint density at radius 1 is 1.37 bits per heavy atom. The second-order valence-corrected chi connectivity index (χ2v) is 7.40. The van der Waals surface area contributed by atoms with Crippen LogP contribution < -0.4 is 5.32 Å². The second-order valence-electron chi connectivity index (χ2n) is 4.60. The van der Waals surface area contributed by atoms with E-state index < -0.39 is 0 Å². The number of thiophene rings is 1. The van der Waals surface area contributed by atoms with Gasteiger partial charge >= 0.3 is 0 Å². The summed E-state index contributed by atoms with van der Waals surface area (Å²) in [5.41, 5.74) is 2.97. The normalized spacial score (nSPS) is 12.6. The number of aryl methyl sites for hydroxylation is 1. The summed E-state index contributed by atoms with van der Waals surface area (Å²) in [6, 6.07) is 7.38. The Hall–Kier alpha value is -0.460. The van der Waals surface area contributed by atoms with Crippen LogP contribution in [0.3, 0.4) is 0 Å². The van der Waals surface area contributed by atoms with Gasteiger partial charge in [-0.1, -0.05) is 24.6 Å². The summed E-state index contributed by atoms with van der Waals surface area (Å²) >= 11 is 4.00. The lowest BCUT2D eigenvalue weighted by atomic mass is 9.99. The van der Waals surface area contributed by atoms with Crippen LogP contribution in [-0.2, 0) is 0 Å². The fourth-order valence-electron chi connectivity index (χ4n) is 2.06. The van der Waals surface area contributed by atoms with Crippen LogP contribution >= 0.6 is 33.9 Å². The molecule has 0 saturated heterocycles. The van der Waals surface area contributed by atoms with Crippen molar-refractivity contribution in [2.45, 2.75) is 26.3 Å². The average Bonchev–Trinajstić information content (AvgIpc) is 2.80. The Balaban J connectivity index is 2.39. The van der Waals surface area contributed by atoms with Crippen molar-refractivity contribution in [1.82, 2.24) is 5.32 Å². The lowest BCUT2D eigenvalue weighted by Gasteiger charge is -2.19. The van der Waals surface area contributed by atoms with Crippen LogP contribution in [0.25, 0.3) is 0 Å². The number of hydrogen-bond acceptors (Lipinski definition) is 2. The van der Waals surface area contributed by atoms with Crippen LogP contribution in [0.5, 0.6) is 0 Å². The fraction of sp³-hybridized carbons (Fsp3) is 0.333. The minimum absolute atomic E-state index is 0.0559. The van der Waals surface area contributed by atoms with Crippen LogP contribution in [0.4, 0.5) is 4.39 Å². The molecule has 1 N–H and O–H groups in total. The van der Waals surface area contributed by atoms with Gasteiger partial charge in [0, 0.05) is 5.56 Å². The van der Waals surface area contributed by atoms with Gasteiger partial charge in [0.15, 0.2) is 0 Å². The molecule has 0 aliphatic heterocycles. The van der Waals surface area contributed by atoms with Gasteiger partial charge in [0.05, 0.1) is 8.93 Å². The molecule has 0 radical (unpaired) electrons. The molecule has 0 saturated carbocycles. The SMILES string of the molecule is CCCNC(c1csc(I)c1)c1cc(C)ccc1F. The topological polar surface area (TPSA) is 12.0 Å². The monoisotopic (exact) mass is 389 g/mol. The van der Waals surface area contributed by atoms with Gasteiger partial charge in [-0.3, -0.25) is 0 Å². The van der Waals surface area contributed by atoms with Crippen molar-refractivity contribution in [1.29, 1.82) is 0 Å². The van der Waals surface area contributed by atoms with Gasteiger partial charge in [0.25, 0.3) is 0 Å². The van der Waals surface area contributed by atoms with E-state index in [0.717, 1.165) is 29.7 Å². The Labute approximate surface area is 131 Å². The Kier molecular flexibility index (Phi) is 5.36. The maximum atomic E-state index is 14.1. The largest absolute Gasteiger partial charge is 0.306 e. The van der Waals surface area contributed by atoms with Gasteiger partial charge in [-0.05, 0) is 65.6 Å². The summed E-state index contributed by atoms with van der Waals surface area (Å²) in [6.07, 6.45) is 1.03. The van der Waals surface area contributed by atoms with Crippen molar-refractivity contribution in [2.75, 3.05) is 6.54 Å². The minimum atomic E-state index is -0.139. The first-order chi connectivity index (χ1) is 9.11. The number of nitrogens with one attached hydrogen (secondary N) is 1. The molecule has 2 aromatic rings. The van der Waals surface area contributed by atoms with Gasteiger partial charge in [-0.15, -0.1) is 11.3 Å². The van der Waals surface area contributed by atoms with E-state index in [1.165, 1.54) is 2.88 Å². The van der Waals surface area contributed by atoms with Gasteiger partial charge < -0.3 is 5.32 Å². The van der Waals surface area contributed by atoms with Gasteiger partial charge in [-0.2, -0.15) is 0 Å². The molecule has 1 heterocycles. The van der Waals surface area contributed by atoms with E-state index in [0.29, 0.717) is 0 Å². The third-order valence-electron chi connectivity index (χ3n) is 2.98. The van der Waals surface area contributed by atoms with E-state index in [1.54, 1.807) is 17.4 Å². The van der Waals surface area contributed by atoms with Crippen molar-refractivity contribution in [3.05, 3.63) is 55.0 Å². The van der Waals surface area contributed by atoms with Crippen LogP contribution in [-0.4, -0.2) is 6.54 Å². The number of halogens is 2. The highest BCUT2D eigenvalue weighted by atomic mass is 127. The molecule has 0 aliphatic rings. The third-order valence-corrected chi connectivity index (χ3v) is 4.79. The molecule has 0 spiro atoms. The summed E-state index contributed by atoms with van der Waals surface area (Å²) in [6.45, 7) is 5.00. The molecule has 19 heavy (non-hydrogen) atoms. The lowest BCUT2D eigenvalue weighted by molar-refractivity contribution is 0.547. The Bertz CT molecular complexity index is 553. The standard InChI is InChI=1S/C15H17FINS/c1-3-6-18-15(11-8-14(17)19-9-11)12-7-10(2)4-5-13(12)16/h4-5,7-9,15,18H,3,6H2,1-2H3. The smallest absolute Gasteiger partial charge is 0.128 e. The van der Waals surface area contributed by atoms with E-state index in [2.05, 4.69) is 46.3 Å². The predicted octanol–water partition coefficient (Wildman–Crippen LogP) is 4.89. The van der Waals surface area contributed by atoms with Crippen molar-refractivity contribution in [2.24, 2.45) is 0 Å². The molecule has 0 fully saturated rings. The van der Waals surface area contributed by atoms with E-state index in [9.17, 15) is 4.39 Å². The molecule has 102 valence electrons. The fourth-order valence-corrected chi connectivity index (χ4v) is 3.45.